The molecule has 0 aliphatic rings. The number of aliphatic hydroxyl groups is 1. The van der Waals surface area contributed by atoms with E-state index in [0.717, 1.165) is 24.8 Å². The molecular weight excluding hydrogens is 192 g/mol. The Labute approximate surface area is 90.3 Å². The molecule has 1 rings (SSSR count). The minimum absolute atomic E-state index is 0.00513. The van der Waals surface area contributed by atoms with Crippen molar-refractivity contribution in [3.8, 4) is 11.5 Å². The molecule has 0 amide bonds. The SMILES string of the molecule is CCCCc1cc(OCCO)ccc1O. The molecule has 0 bridgehead atoms. The van der Waals surface area contributed by atoms with Gasteiger partial charge in [-0.15, -0.1) is 0 Å². The van der Waals surface area contributed by atoms with E-state index in [1.807, 2.05) is 6.07 Å². The lowest BCUT2D eigenvalue weighted by Crippen LogP contribution is -2.01. The summed E-state index contributed by atoms with van der Waals surface area (Å²) in [4.78, 5) is 0. The maximum absolute atomic E-state index is 9.58. The number of phenols is 1. The molecular formula is C12H18O3. The summed E-state index contributed by atoms with van der Waals surface area (Å²) in [5.41, 5.74) is 0.910. The molecule has 0 spiro atoms. The molecule has 3 heteroatoms. The molecule has 0 fully saturated rings. The molecule has 0 atom stereocenters. The number of phenolic OH excluding ortho intramolecular Hbond substituents is 1. The third kappa shape index (κ3) is 3.80. The number of hydrogen-bond acceptors (Lipinski definition) is 3. The minimum atomic E-state index is 0.00513. The largest absolute Gasteiger partial charge is 0.508 e. The number of benzene rings is 1. The van der Waals surface area contributed by atoms with E-state index in [1.54, 1.807) is 12.1 Å². The van der Waals surface area contributed by atoms with Crippen LogP contribution in [-0.4, -0.2) is 23.4 Å². The highest BCUT2D eigenvalue weighted by Crippen LogP contribution is 2.24. The monoisotopic (exact) mass is 210 g/mol. The zero-order chi connectivity index (χ0) is 11.1. The van der Waals surface area contributed by atoms with E-state index >= 15 is 0 Å². The van der Waals surface area contributed by atoms with Gasteiger partial charge in [-0.3, -0.25) is 0 Å². The van der Waals surface area contributed by atoms with Gasteiger partial charge in [-0.25, -0.2) is 0 Å². The highest BCUT2D eigenvalue weighted by molar-refractivity contribution is 5.39. The Balaban J connectivity index is 2.66. The Hall–Kier alpha value is -1.22. The van der Waals surface area contributed by atoms with Crippen LogP contribution in [0.5, 0.6) is 11.5 Å². The van der Waals surface area contributed by atoms with E-state index in [0.29, 0.717) is 11.5 Å². The highest BCUT2D eigenvalue weighted by Gasteiger charge is 2.03. The van der Waals surface area contributed by atoms with Gasteiger partial charge in [0, 0.05) is 0 Å². The van der Waals surface area contributed by atoms with Gasteiger partial charge in [0.1, 0.15) is 18.1 Å². The van der Waals surface area contributed by atoms with Crippen molar-refractivity contribution in [2.45, 2.75) is 26.2 Å². The molecule has 0 saturated carbocycles. The van der Waals surface area contributed by atoms with Gasteiger partial charge in [0.15, 0.2) is 0 Å². The second-order valence-corrected chi connectivity index (χ2v) is 3.47. The van der Waals surface area contributed by atoms with E-state index in [2.05, 4.69) is 6.92 Å². The van der Waals surface area contributed by atoms with E-state index in [9.17, 15) is 5.11 Å². The number of aromatic hydroxyl groups is 1. The fourth-order valence-electron chi connectivity index (χ4n) is 1.38. The predicted octanol–water partition coefficient (Wildman–Crippen LogP) is 2.11. The first kappa shape index (κ1) is 11.9. The van der Waals surface area contributed by atoms with Gasteiger partial charge in [-0.05, 0) is 36.6 Å². The lowest BCUT2D eigenvalue weighted by atomic mass is 10.1. The van der Waals surface area contributed by atoms with Crippen molar-refractivity contribution in [1.82, 2.24) is 0 Å². The zero-order valence-electron chi connectivity index (χ0n) is 9.07. The number of rotatable bonds is 6. The molecule has 0 saturated heterocycles. The fraction of sp³-hybridized carbons (Fsp3) is 0.500. The number of aliphatic hydroxyl groups excluding tert-OH is 1. The number of aryl methyl sites for hydroxylation is 1. The summed E-state index contributed by atoms with van der Waals surface area (Å²) < 4.78 is 5.27. The molecule has 0 unspecified atom stereocenters. The van der Waals surface area contributed by atoms with E-state index in [4.69, 9.17) is 9.84 Å². The van der Waals surface area contributed by atoms with Gasteiger partial charge in [0.05, 0.1) is 6.61 Å². The lowest BCUT2D eigenvalue weighted by molar-refractivity contribution is 0.201. The van der Waals surface area contributed by atoms with Crippen molar-refractivity contribution in [2.75, 3.05) is 13.2 Å². The molecule has 15 heavy (non-hydrogen) atoms. The maximum atomic E-state index is 9.58. The average molecular weight is 210 g/mol. The van der Waals surface area contributed by atoms with Crippen LogP contribution >= 0.6 is 0 Å². The van der Waals surface area contributed by atoms with Crippen LogP contribution in [0.25, 0.3) is 0 Å². The maximum Gasteiger partial charge on any atom is 0.119 e. The Morgan fingerprint density at radius 1 is 1.33 bits per heavy atom. The summed E-state index contributed by atoms with van der Waals surface area (Å²) in [6, 6.07) is 5.18. The first-order chi connectivity index (χ1) is 7.27. The van der Waals surface area contributed by atoms with Gasteiger partial charge in [-0.1, -0.05) is 13.3 Å². The molecule has 3 nitrogen and oxygen atoms in total. The van der Waals surface area contributed by atoms with Gasteiger partial charge in [0.2, 0.25) is 0 Å². The lowest BCUT2D eigenvalue weighted by Gasteiger charge is -2.08. The van der Waals surface area contributed by atoms with Crippen LogP contribution in [0, 0.1) is 0 Å². The van der Waals surface area contributed by atoms with Gasteiger partial charge < -0.3 is 14.9 Å². The Morgan fingerprint density at radius 2 is 2.13 bits per heavy atom. The zero-order valence-corrected chi connectivity index (χ0v) is 9.07. The number of hydrogen-bond donors (Lipinski definition) is 2. The minimum Gasteiger partial charge on any atom is -0.508 e. The van der Waals surface area contributed by atoms with Crippen LogP contribution in [0.3, 0.4) is 0 Å². The Bertz CT molecular complexity index is 297. The second kappa shape index (κ2) is 6.30. The summed E-state index contributed by atoms with van der Waals surface area (Å²) in [6.07, 6.45) is 3.01. The third-order valence-electron chi connectivity index (χ3n) is 2.21. The molecule has 2 N–H and O–H groups in total. The molecule has 0 radical (unpaired) electrons. The first-order valence-corrected chi connectivity index (χ1v) is 5.33. The Kier molecular flexibility index (Phi) is 4.98. The van der Waals surface area contributed by atoms with E-state index < -0.39 is 0 Å². The van der Waals surface area contributed by atoms with Gasteiger partial charge >= 0.3 is 0 Å². The van der Waals surface area contributed by atoms with Crippen LogP contribution < -0.4 is 4.74 Å². The second-order valence-electron chi connectivity index (χ2n) is 3.47. The molecule has 1 aromatic rings. The summed E-state index contributed by atoms with van der Waals surface area (Å²) in [7, 11) is 0. The van der Waals surface area contributed by atoms with Crippen LogP contribution in [0.2, 0.25) is 0 Å². The Morgan fingerprint density at radius 3 is 2.80 bits per heavy atom. The quantitative estimate of drug-likeness (QED) is 0.756. The topological polar surface area (TPSA) is 49.7 Å². The van der Waals surface area contributed by atoms with Crippen molar-refractivity contribution >= 4 is 0 Å². The summed E-state index contributed by atoms with van der Waals surface area (Å²) in [6.45, 7) is 2.41. The normalized spacial score (nSPS) is 10.3. The smallest absolute Gasteiger partial charge is 0.119 e. The predicted molar refractivity (Wildman–Crippen MR) is 59.3 cm³/mol. The molecule has 1 aromatic carbocycles. The van der Waals surface area contributed by atoms with Crippen molar-refractivity contribution in [1.29, 1.82) is 0 Å². The van der Waals surface area contributed by atoms with E-state index in [-0.39, 0.29) is 13.2 Å². The van der Waals surface area contributed by atoms with E-state index in [1.165, 1.54) is 0 Å². The summed E-state index contributed by atoms with van der Waals surface area (Å²) in [5.74, 6) is 1.02. The van der Waals surface area contributed by atoms with Crippen LogP contribution in [0.1, 0.15) is 25.3 Å². The standard InChI is InChI=1S/C12H18O3/c1-2-3-4-10-9-11(15-8-7-13)5-6-12(10)14/h5-6,9,13-14H,2-4,7-8H2,1H3. The van der Waals surface area contributed by atoms with Crippen LogP contribution in [0.4, 0.5) is 0 Å². The van der Waals surface area contributed by atoms with Crippen molar-refractivity contribution in [3.05, 3.63) is 23.8 Å². The van der Waals surface area contributed by atoms with Crippen molar-refractivity contribution in [3.63, 3.8) is 0 Å². The molecule has 0 aromatic heterocycles. The molecule has 0 aliphatic heterocycles. The number of unbranched alkanes of at least 4 members (excludes halogenated alkanes) is 1. The van der Waals surface area contributed by atoms with Gasteiger partial charge in [-0.2, -0.15) is 0 Å². The first-order valence-electron chi connectivity index (χ1n) is 5.33. The fourth-order valence-corrected chi connectivity index (χ4v) is 1.38. The molecule has 84 valence electrons. The molecule has 0 aliphatic carbocycles. The summed E-state index contributed by atoms with van der Waals surface area (Å²) in [5, 5.41) is 18.2. The highest BCUT2D eigenvalue weighted by atomic mass is 16.5. The van der Waals surface area contributed by atoms with Crippen LogP contribution in [0.15, 0.2) is 18.2 Å². The molecule has 0 heterocycles. The third-order valence-corrected chi connectivity index (χ3v) is 2.21. The summed E-state index contributed by atoms with van der Waals surface area (Å²) >= 11 is 0. The average Bonchev–Trinajstić information content (AvgIpc) is 2.26. The van der Waals surface area contributed by atoms with Crippen molar-refractivity contribution < 1.29 is 14.9 Å². The number of ether oxygens (including phenoxy) is 1. The van der Waals surface area contributed by atoms with Gasteiger partial charge in [0.25, 0.3) is 0 Å². The van der Waals surface area contributed by atoms with Crippen LogP contribution in [-0.2, 0) is 6.42 Å². The van der Waals surface area contributed by atoms with Crippen molar-refractivity contribution in [2.24, 2.45) is 0 Å².